The van der Waals surface area contributed by atoms with Crippen molar-refractivity contribution in [2.45, 2.75) is 0 Å². The summed E-state index contributed by atoms with van der Waals surface area (Å²) < 4.78 is 6.10. The van der Waals surface area contributed by atoms with E-state index in [4.69, 9.17) is 16.3 Å². The van der Waals surface area contributed by atoms with Crippen LogP contribution in [0.1, 0.15) is 9.67 Å². The molecule has 0 bridgehead atoms. The molecule has 1 heterocycles. The molecule has 0 aliphatic rings. The van der Waals surface area contributed by atoms with E-state index < -0.39 is 0 Å². The number of likely N-dealkylation sites (N-methyl/N-ethyl adjacent to an activating group) is 1. The van der Waals surface area contributed by atoms with E-state index in [1.807, 2.05) is 24.3 Å². The number of fused-ring (bicyclic) bond motifs is 1. The molecule has 18 heavy (non-hydrogen) atoms. The Kier molecular flexibility index (Phi) is 5.88. The van der Waals surface area contributed by atoms with Gasteiger partial charge in [0.1, 0.15) is 11.5 Å². The molecule has 0 radical (unpaired) electrons. The smallest absolute Gasteiger partial charge is 0.349 e. The fourth-order valence-corrected chi connectivity index (χ4v) is 2.86. The summed E-state index contributed by atoms with van der Waals surface area (Å²) in [5.74, 6) is -0.355. The second-order valence-electron chi connectivity index (χ2n) is 3.48. The number of nitrogens with one attached hydrogen (secondary N) is 1. The van der Waals surface area contributed by atoms with Crippen molar-refractivity contribution in [3.63, 3.8) is 0 Å². The van der Waals surface area contributed by atoms with Gasteiger partial charge in [-0.05, 0) is 13.1 Å². The van der Waals surface area contributed by atoms with Crippen LogP contribution >= 0.6 is 35.3 Å². The van der Waals surface area contributed by atoms with E-state index in [9.17, 15) is 4.79 Å². The molecule has 0 aliphatic heterocycles. The lowest BCUT2D eigenvalue weighted by Gasteiger charge is -2.02. The molecular weight excluding hydrogens is 293 g/mol. The number of rotatable bonds is 4. The minimum absolute atomic E-state index is 0. The lowest BCUT2D eigenvalue weighted by molar-refractivity contribution is 0.0516. The second kappa shape index (κ2) is 6.95. The van der Waals surface area contributed by atoms with Gasteiger partial charge in [0.2, 0.25) is 0 Å². The van der Waals surface area contributed by atoms with Gasteiger partial charge in [-0.25, -0.2) is 4.79 Å². The predicted octanol–water partition coefficient (Wildman–Crippen LogP) is 3.35. The first-order valence-electron chi connectivity index (χ1n) is 5.23. The van der Waals surface area contributed by atoms with E-state index in [-0.39, 0.29) is 18.4 Å². The van der Waals surface area contributed by atoms with Crippen molar-refractivity contribution in [2.24, 2.45) is 0 Å². The third-order valence-electron chi connectivity index (χ3n) is 2.31. The molecule has 2 aromatic rings. The average Bonchev–Trinajstić information content (AvgIpc) is 2.68. The maximum absolute atomic E-state index is 11.8. The van der Waals surface area contributed by atoms with Gasteiger partial charge >= 0.3 is 5.97 Å². The zero-order chi connectivity index (χ0) is 12.3. The predicted molar refractivity (Wildman–Crippen MR) is 78.3 cm³/mol. The van der Waals surface area contributed by atoms with Gasteiger partial charge < -0.3 is 10.1 Å². The average molecular weight is 306 g/mol. The highest BCUT2D eigenvalue weighted by atomic mass is 35.5. The summed E-state index contributed by atoms with van der Waals surface area (Å²) >= 11 is 7.52. The van der Waals surface area contributed by atoms with Crippen LogP contribution in [0.5, 0.6) is 0 Å². The fourth-order valence-electron chi connectivity index (χ4n) is 1.46. The molecule has 1 N–H and O–H groups in total. The lowest BCUT2D eigenvalue weighted by Crippen LogP contribution is -2.17. The van der Waals surface area contributed by atoms with Crippen molar-refractivity contribution in [1.29, 1.82) is 0 Å². The molecule has 0 saturated carbocycles. The molecular formula is C12H13Cl2NO2S. The summed E-state index contributed by atoms with van der Waals surface area (Å²) in [7, 11) is 1.81. The Hall–Kier alpha value is -0.810. The Balaban J connectivity index is 0.00000162. The van der Waals surface area contributed by atoms with Gasteiger partial charge in [-0.1, -0.05) is 29.8 Å². The first kappa shape index (κ1) is 15.2. The summed E-state index contributed by atoms with van der Waals surface area (Å²) in [5.41, 5.74) is 0. The van der Waals surface area contributed by atoms with Gasteiger partial charge in [-0.2, -0.15) is 0 Å². The molecule has 2 rings (SSSR count). The molecule has 0 spiro atoms. The Morgan fingerprint density at radius 3 is 2.83 bits per heavy atom. The SMILES string of the molecule is CNCCOC(=O)c1sc2ccccc2c1Cl.Cl. The normalized spacial score (nSPS) is 10.1. The maximum Gasteiger partial charge on any atom is 0.349 e. The van der Waals surface area contributed by atoms with E-state index in [0.29, 0.717) is 23.1 Å². The number of esters is 1. The Bertz CT molecular complexity index is 542. The van der Waals surface area contributed by atoms with E-state index in [2.05, 4.69) is 5.32 Å². The van der Waals surface area contributed by atoms with Gasteiger partial charge in [0.25, 0.3) is 0 Å². The minimum Gasteiger partial charge on any atom is -0.460 e. The maximum atomic E-state index is 11.8. The largest absolute Gasteiger partial charge is 0.460 e. The van der Waals surface area contributed by atoms with Crippen molar-refractivity contribution >= 4 is 51.4 Å². The van der Waals surface area contributed by atoms with Crippen molar-refractivity contribution in [3.8, 4) is 0 Å². The van der Waals surface area contributed by atoms with Crippen LogP contribution in [0.25, 0.3) is 10.1 Å². The molecule has 3 nitrogen and oxygen atoms in total. The Labute approximate surface area is 120 Å². The summed E-state index contributed by atoms with van der Waals surface area (Å²) in [6, 6.07) is 7.66. The third kappa shape index (κ3) is 3.14. The topological polar surface area (TPSA) is 38.3 Å². The minimum atomic E-state index is -0.355. The van der Waals surface area contributed by atoms with E-state index in [1.54, 1.807) is 7.05 Å². The molecule has 0 unspecified atom stereocenters. The fraction of sp³-hybridized carbons (Fsp3) is 0.250. The first-order chi connectivity index (χ1) is 8.24. The summed E-state index contributed by atoms with van der Waals surface area (Å²) in [6.07, 6.45) is 0. The van der Waals surface area contributed by atoms with Gasteiger partial charge in [0.05, 0.1) is 5.02 Å². The molecule has 0 atom stereocenters. The number of ether oxygens (including phenoxy) is 1. The van der Waals surface area contributed by atoms with Crippen LogP contribution in [0, 0.1) is 0 Å². The number of halogens is 2. The van der Waals surface area contributed by atoms with Crippen molar-refractivity contribution < 1.29 is 9.53 Å². The summed E-state index contributed by atoms with van der Waals surface area (Å²) in [6.45, 7) is 0.980. The molecule has 0 amide bonds. The quantitative estimate of drug-likeness (QED) is 0.695. The number of hydrogen-bond acceptors (Lipinski definition) is 4. The highest BCUT2D eigenvalue weighted by Crippen LogP contribution is 2.35. The van der Waals surface area contributed by atoms with Gasteiger partial charge in [-0.15, -0.1) is 23.7 Å². The van der Waals surface area contributed by atoms with Gasteiger partial charge in [-0.3, -0.25) is 0 Å². The van der Waals surface area contributed by atoms with Gasteiger partial charge in [0.15, 0.2) is 0 Å². The van der Waals surface area contributed by atoms with Crippen LogP contribution in [0.2, 0.25) is 5.02 Å². The number of carbonyl (C=O) groups excluding carboxylic acids is 1. The van der Waals surface area contributed by atoms with E-state index in [0.717, 1.165) is 10.1 Å². The van der Waals surface area contributed by atoms with Crippen molar-refractivity contribution in [2.75, 3.05) is 20.2 Å². The Morgan fingerprint density at radius 1 is 1.44 bits per heavy atom. The highest BCUT2D eigenvalue weighted by molar-refractivity contribution is 7.21. The van der Waals surface area contributed by atoms with Crippen LogP contribution in [-0.4, -0.2) is 26.2 Å². The molecule has 0 fully saturated rings. The molecule has 98 valence electrons. The molecule has 0 saturated heterocycles. The zero-order valence-corrected chi connectivity index (χ0v) is 12.1. The molecule has 1 aromatic heterocycles. The first-order valence-corrected chi connectivity index (χ1v) is 6.42. The van der Waals surface area contributed by atoms with E-state index in [1.165, 1.54) is 11.3 Å². The van der Waals surface area contributed by atoms with Crippen LogP contribution < -0.4 is 5.32 Å². The molecule has 1 aromatic carbocycles. The number of carbonyl (C=O) groups is 1. The van der Waals surface area contributed by atoms with Crippen LogP contribution in [0.15, 0.2) is 24.3 Å². The van der Waals surface area contributed by atoms with Crippen molar-refractivity contribution in [3.05, 3.63) is 34.2 Å². The second-order valence-corrected chi connectivity index (χ2v) is 4.91. The van der Waals surface area contributed by atoms with Crippen LogP contribution in [-0.2, 0) is 4.74 Å². The summed E-state index contributed by atoms with van der Waals surface area (Å²) in [4.78, 5) is 12.3. The zero-order valence-electron chi connectivity index (χ0n) is 9.73. The van der Waals surface area contributed by atoms with Crippen LogP contribution in [0.3, 0.4) is 0 Å². The standard InChI is InChI=1S/C12H12ClNO2S.ClH/c1-14-6-7-16-12(15)11-10(13)8-4-2-3-5-9(8)17-11;/h2-5,14H,6-7H2,1H3;1H. The highest BCUT2D eigenvalue weighted by Gasteiger charge is 2.17. The number of thiophene rings is 1. The molecule has 6 heteroatoms. The molecule has 0 aliphatic carbocycles. The summed E-state index contributed by atoms with van der Waals surface area (Å²) in [5, 5.41) is 4.30. The van der Waals surface area contributed by atoms with E-state index >= 15 is 0 Å². The number of benzene rings is 1. The third-order valence-corrected chi connectivity index (χ3v) is 3.96. The Morgan fingerprint density at radius 2 is 2.17 bits per heavy atom. The lowest BCUT2D eigenvalue weighted by atomic mass is 10.2. The van der Waals surface area contributed by atoms with Crippen LogP contribution in [0.4, 0.5) is 0 Å². The van der Waals surface area contributed by atoms with Gasteiger partial charge in [0, 0.05) is 16.6 Å². The monoisotopic (exact) mass is 305 g/mol. The van der Waals surface area contributed by atoms with Crippen molar-refractivity contribution in [1.82, 2.24) is 5.32 Å². The number of hydrogen-bond donors (Lipinski definition) is 1.